The summed E-state index contributed by atoms with van der Waals surface area (Å²) in [7, 11) is 0. The Morgan fingerprint density at radius 3 is 2.69 bits per heavy atom. The van der Waals surface area contributed by atoms with Crippen molar-refractivity contribution in [3.8, 4) is 0 Å². The molecule has 2 rings (SSSR count). The Morgan fingerprint density at radius 1 is 1.31 bits per heavy atom. The Morgan fingerprint density at radius 2 is 2.06 bits per heavy atom. The lowest BCUT2D eigenvalue weighted by atomic mass is 10.2. The first-order chi connectivity index (χ1) is 7.72. The molecule has 1 saturated carbocycles. The van der Waals surface area contributed by atoms with Gasteiger partial charge in [0.25, 0.3) is 0 Å². The highest BCUT2D eigenvalue weighted by atomic mass is 16.3. The third-order valence-corrected chi connectivity index (χ3v) is 3.29. The minimum Gasteiger partial charge on any atom is -0.394 e. The zero-order chi connectivity index (χ0) is 11.5. The third-order valence-electron chi connectivity index (χ3n) is 3.29. The van der Waals surface area contributed by atoms with E-state index in [0.29, 0.717) is 19.0 Å². The second-order valence-electron chi connectivity index (χ2n) is 4.63. The summed E-state index contributed by atoms with van der Waals surface area (Å²) < 4.78 is 0. The van der Waals surface area contributed by atoms with Gasteiger partial charge in [-0.15, -0.1) is 0 Å². The second kappa shape index (κ2) is 4.82. The van der Waals surface area contributed by atoms with E-state index in [0.717, 1.165) is 25.7 Å². The summed E-state index contributed by atoms with van der Waals surface area (Å²) in [6, 6.07) is -0.167. The van der Waals surface area contributed by atoms with Crippen molar-refractivity contribution in [2.75, 3.05) is 19.7 Å². The van der Waals surface area contributed by atoms with E-state index in [2.05, 4.69) is 5.32 Å². The maximum atomic E-state index is 11.8. The number of nitrogens with one attached hydrogen (secondary N) is 1. The Hall–Kier alpha value is -1.10. The quantitative estimate of drug-likeness (QED) is 0.637. The van der Waals surface area contributed by atoms with Gasteiger partial charge in [0, 0.05) is 13.1 Å². The van der Waals surface area contributed by atoms with Crippen molar-refractivity contribution in [2.45, 2.75) is 31.7 Å². The number of rotatable bonds is 3. The molecular weight excluding hydrogens is 208 g/mol. The van der Waals surface area contributed by atoms with Crippen LogP contribution in [0, 0.1) is 5.92 Å². The van der Waals surface area contributed by atoms with Gasteiger partial charge in [-0.1, -0.05) is 0 Å². The molecule has 1 aliphatic heterocycles. The van der Waals surface area contributed by atoms with E-state index in [-0.39, 0.29) is 12.6 Å². The summed E-state index contributed by atoms with van der Waals surface area (Å²) in [5.74, 6) is -0.437. The van der Waals surface area contributed by atoms with Gasteiger partial charge in [0.2, 0.25) is 0 Å². The van der Waals surface area contributed by atoms with Crippen LogP contribution in [-0.4, -0.2) is 47.6 Å². The summed E-state index contributed by atoms with van der Waals surface area (Å²) in [4.78, 5) is 24.8. The lowest BCUT2D eigenvalue weighted by Crippen LogP contribution is -2.46. The highest BCUT2D eigenvalue weighted by Gasteiger charge is 2.32. The number of carbonyl (C=O) groups is 2. The normalized spacial score (nSPS) is 24.6. The maximum Gasteiger partial charge on any atom is 0.312 e. The smallest absolute Gasteiger partial charge is 0.312 e. The molecule has 1 atom stereocenters. The number of aliphatic hydroxyl groups is 1. The minimum absolute atomic E-state index is 0.0539. The van der Waals surface area contributed by atoms with Crippen molar-refractivity contribution in [1.29, 1.82) is 0 Å². The fourth-order valence-electron chi connectivity index (χ4n) is 2.06. The second-order valence-corrected chi connectivity index (χ2v) is 4.63. The summed E-state index contributed by atoms with van der Waals surface area (Å²) in [6.45, 7) is 1.14. The van der Waals surface area contributed by atoms with Crippen LogP contribution < -0.4 is 5.32 Å². The largest absolute Gasteiger partial charge is 0.394 e. The molecule has 2 aliphatic rings. The van der Waals surface area contributed by atoms with Crippen molar-refractivity contribution >= 4 is 11.8 Å². The summed E-state index contributed by atoms with van der Waals surface area (Å²) >= 11 is 0. The topological polar surface area (TPSA) is 69.6 Å². The number of likely N-dealkylation sites (tertiary alicyclic amines) is 1. The van der Waals surface area contributed by atoms with E-state index in [4.69, 9.17) is 5.11 Å². The highest BCUT2D eigenvalue weighted by Crippen LogP contribution is 2.27. The molecule has 0 spiro atoms. The van der Waals surface area contributed by atoms with Gasteiger partial charge in [0.1, 0.15) is 0 Å². The fraction of sp³-hybridized carbons (Fsp3) is 0.818. The van der Waals surface area contributed by atoms with Crippen molar-refractivity contribution in [1.82, 2.24) is 10.2 Å². The molecule has 2 amide bonds. The maximum absolute atomic E-state index is 11.8. The molecule has 0 aromatic heterocycles. The van der Waals surface area contributed by atoms with Crippen LogP contribution >= 0.6 is 0 Å². The molecule has 0 bridgehead atoms. The fourth-order valence-corrected chi connectivity index (χ4v) is 2.06. The van der Waals surface area contributed by atoms with Gasteiger partial charge in [-0.05, 0) is 31.6 Å². The molecule has 0 radical (unpaired) electrons. The van der Waals surface area contributed by atoms with Crippen molar-refractivity contribution in [3.05, 3.63) is 0 Å². The minimum atomic E-state index is -0.521. The van der Waals surface area contributed by atoms with Crippen LogP contribution in [0.2, 0.25) is 0 Å². The van der Waals surface area contributed by atoms with Gasteiger partial charge < -0.3 is 15.3 Å². The van der Waals surface area contributed by atoms with Crippen molar-refractivity contribution in [3.63, 3.8) is 0 Å². The Balaban J connectivity index is 1.82. The van der Waals surface area contributed by atoms with Crippen LogP contribution in [0.15, 0.2) is 0 Å². The predicted molar refractivity (Wildman–Crippen MR) is 57.6 cm³/mol. The van der Waals surface area contributed by atoms with Crippen LogP contribution in [-0.2, 0) is 9.59 Å². The Kier molecular flexibility index (Phi) is 3.43. The van der Waals surface area contributed by atoms with E-state index < -0.39 is 11.8 Å². The lowest BCUT2D eigenvalue weighted by molar-refractivity contribution is -0.146. The van der Waals surface area contributed by atoms with Gasteiger partial charge in [-0.2, -0.15) is 0 Å². The molecule has 2 fully saturated rings. The summed E-state index contributed by atoms with van der Waals surface area (Å²) in [5.41, 5.74) is 0. The Labute approximate surface area is 94.8 Å². The van der Waals surface area contributed by atoms with Crippen LogP contribution in [0.4, 0.5) is 0 Å². The lowest BCUT2D eigenvalue weighted by Gasteiger charge is -2.22. The van der Waals surface area contributed by atoms with E-state index >= 15 is 0 Å². The van der Waals surface area contributed by atoms with Gasteiger partial charge in [-0.3, -0.25) is 9.59 Å². The number of amides is 2. The van der Waals surface area contributed by atoms with Crippen LogP contribution in [0.5, 0.6) is 0 Å². The molecule has 1 aliphatic carbocycles. The molecule has 90 valence electrons. The number of hydrogen-bond acceptors (Lipinski definition) is 3. The number of aliphatic hydroxyl groups excluding tert-OH is 1. The average Bonchev–Trinajstić information content (AvgIpc) is 3.00. The number of nitrogens with zero attached hydrogens (tertiary/aromatic N) is 1. The van der Waals surface area contributed by atoms with Gasteiger partial charge in [0.05, 0.1) is 12.6 Å². The van der Waals surface area contributed by atoms with E-state index in [9.17, 15) is 9.59 Å². The average molecular weight is 226 g/mol. The standard InChI is InChI=1S/C11H18N2O3/c14-7-9-2-1-5-13(9)11(16)10(15)12-6-8-3-4-8/h8-9,14H,1-7H2,(H,12,15). The first-order valence-electron chi connectivity index (χ1n) is 5.92. The summed E-state index contributed by atoms with van der Waals surface area (Å²) in [6.07, 6.45) is 3.96. The molecule has 0 aromatic rings. The molecule has 1 unspecified atom stereocenters. The van der Waals surface area contributed by atoms with Crippen LogP contribution in [0.1, 0.15) is 25.7 Å². The number of carbonyl (C=O) groups excluding carboxylic acids is 2. The monoisotopic (exact) mass is 226 g/mol. The molecule has 0 aromatic carbocycles. The van der Waals surface area contributed by atoms with E-state index in [1.807, 2.05) is 0 Å². The van der Waals surface area contributed by atoms with Crippen LogP contribution in [0.3, 0.4) is 0 Å². The molecule has 5 heteroatoms. The van der Waals surface area contributed by atoms with E-state index in [1.54, 1.807) is 0 Å². The van der Waals surface area contributed by atoms with Crippen LogP contribution in [0.25, 0.3) is 0 Å². The third kappa shape index (κ3) is 2.52. The summed E-state index contributed by atoms with van der Waals surface area (Å²) in [5, 5.41) is 11.7. The SMILES string of the molecule is O=C(NCC1CC1)C(=O)N1CCCC1CO. The molecular formula is C11H18N2O3. The Bertz CT molecular complexity index is 289. The molecule has 2 N–H and O–H groups in total. The van der Waals surface area contributed by atoms with Crippen molar-refractivity contribution < 1.29 is 14.7 Å². The first-order valence-corrected chi connectivity index (χ1v) is 5.92. The highest BCUT2D eigenvalue weighted by molar-refractivity contribution is 6.35. The van der Waals surface area contributed by atoms with Gasteiger partial charge >= 0.3 is 11.8 Å². The number of hydrogen-bond donors (Lipinski definition) is 2. The van der Waals surface area contributed by atoms with Crippen molar-refractivity contribution in [2.24, 2.45) is 5.92 Å². The van der Waals surface area contributed by atoms with E-state index in [1.165, 1.54) is 4.90 Å². The zero-order valence-electron chi connectivity index (χ0n) is 9.32. The molecule has 5 nitrogen and oxygen atoms in total. The predicted octanol–water partition coefficient (Wildman–Crippen LogP) is -0.504. The zero-order valence-corrected chi connectivity index (χ0v) is 9.32. The molecule has 1 heterocycles. The molecule has 1 saturated heterocycles. The van der Waals surface area contributed by atoms with Gasteiger partial charge in [0.15, 0.2) is 0 Å². The van der Waals surface area contributed by atoms with Gasteiger partial charge in [-0.25, -0.2) is 0 Å². The first kappa shape index (κ1) is 11.4. The molecule has 16 heavy (non-hydrogen) atoms.